The minimum absolute atomic E-state index is 0.706. The van der Waals surface area contributed by atoms with E-state index >= 15 is 0 Å². The number of hydrogen-bond acceptors (Lipinski definition) is 1. The van der Waals surface area contributed by atoms with Crippen LogP contribution < -0.4 is 0 Å². The van der Waals surface area contributed by atoms with Crippen LogP contribution in [0, 0.1) is 5.92 Å². The lowest BCUT2D eigenvalue weighted by atomic mass is 10.1. The van der Waals surface area contributed by atoms with Gasteiger partial charge in [0.2, 0.25) is 0 Å². The highest BCUT2D eigenvalue weighted by Gasteiger charge is 2.12. The number of nitrogens with zero attached hydrogens (tertiary/aromatic N) is 1. The van der Waals surface area contributed by atoms with Gasteiger partial charge in [0.05, 0.1) is 0 Å². The third kappa shape index (κ3) is 2.66. The lowest BCUT2D eigenvalue weighted by molar-refractivity contribution is 0.214. The summed E-state index contributed by atoms with van der Waals surface area (Å²) in [5.41, 5.74) is 0. The van der Waals surface area contributed by atoms with E-state index in [0.717, 1.165) is 5.92 Å². The highest BCUT2D eigenvalue weighted by atomic mass is 15.1. The standard InChI is InChI=1S/C10H19N/c1-9(2)11-7-5-4-6-10(3)8-11/h4,6,9-10H,5,7-8H2,1-3H3. The van der Waals surface area contributed by atoms with E-state index < -0.39 is 0 Å². The average molecular weight is 153 g/mol. The highest BCUT2D eigenvalue weighted by molar-refractivity contribution is 4.92. The average Bonchev–Trinajstić information content (AvgIpc) is 2.13. The predicted octanol–water partition coefficient (Wildman–Crippen LogP) is 2.29. The van der Waals surface area contributed by atoms with Gasteiger partial charge in [0.1, 0.15) is 0 Å². The van der Waals surface area contributed by atoms with Crippen LogP contribution in [0.2, 0.25) is 0 Å². The molecule has 1 heterocycles. The van der Waals surface area contributed by atoms with Crippen LogP contribution >= 0.6 is 0 Å². The van der Waals surface area contributed by atoms with Gasteiger partial charge >= 0.3 is 0 Å². The fraction of sp³-hybridized carbons (Fsp3) is 0.800. The van der Waals surface area contributed by atoms with Crippen molar-refractivity contribution in [2.24, 2.45) is 5.92 Å². The predicted molar refractivity (Wildman–Crippen MR) is 49.6 cm³/mol. The summed E-state index contributed by atoms with van der Waals surface area (Å²) in [5.74, 6) is 0.736. The van der Waals surface area contributed by atoms with Crippen LogP contribution in [0.3, 0.4) is 0 Å². The van der Waals surface area contributed by atoms with Gasteiger partial charge in [0, 0.05) is 19.1 Å². The van der Waals surface area contributed by atoms with Crippen LogP contribution in [0.1, 0.15) is 27.2 Å². The van der Waals surface area contributed by atoms with Gasteiger partial charge in [-0.1, -0.05) is 19.1 Å². The molecule has 0 aromatic carbocycles. The van der Waals surface area contributed by atoms with Crippen molar-refractivity contribution in [2.75, 3.05) is 13.1 Å². The number of hydrogen-bond donors (Lipinski definition) is 0. The Bertz CT molecular complexity index is 138. The maximum absolute atomic E-state index is 2.55. The van der Waals surface area contributed by atoms with E-state index in [1.165, 1.54) is 19.5 Å². The lowest BCUT2D eigenvalue weighted by Gasteiger charge is -2.26. The molecule has 0 aromatic heterocycles. The fourth-order valence-electron chi connectivity index (χ4n) is 1.56. The van der Waals surface area contributed by atoms with E-state index in [4.69, 9.17) is 0 Å². The minimum atomic E-state index is 0.706. The van der Waals surface area contributed by atoms with Gasteiger partial charge in [-0.3, -0.25) is 0 Å². The SMILES string of the molecule is CC1C=CCCN(C(C)C)C1. The molecule has 0 bridgehead atoms. The molecule has 0 N–H and O–H groups in total. The van der Waals surface area contributed by atoms with Crippen LogP contribution in [0.5, 0.6) is 0 Å². The van der Waals surface area contributed by atoms with Crippen molar-refractivity contribution in [3.8, 4) is 0 Å². The first-order chi connectivity index (χ1) is 5.20. The molecule has 11 heavy (non-hydrogen) atoms. The molecule has 0 saturated carbocycles. The molecule has 1 rings (SSSR count). The summed E-state index contributed by atoms with van der Waals surface area (Å²) in [6, 6.07) is 0.706. The zero-order valence-electron chi connectivity index (χ0n) is 7.88. The van der Waals surface area contributed by atoms with Crippen LogP contribution in [0.15, 0.2) is 12.2 Å². The van der Waals surface area contributed by atoms with Gasteiger partial charge in [-0.05, 0) is 26.2 Å². The Morgan fingerprint density at radius 2 is 2.18 bits per heavy atom. The zero-order chi connectivity index (χ0) is 8.27. The van der Waals surface area contributed by atoms with E-state index in [0.29, 0.717) is 6.04 Å². The van der Waals surface area contributed by atoms with Crippen molar-refractivity contribution in [3.05, 3.63) is 12.2 Å². The molecule has 0 aromatic rings. The first kappa shape index (κ1) is 8.79. The Balaban J connectivity index is 2.45. The van der Waals surface area contributed by atoms with E-state index in [1.54, 1.807) is 0 Å². The molecular formula is C10H19N. The number of rotatable bonds is 1. The van der Waals surface area contributed by atoms with Crippen LogP contribution in [-0.2, 0) is 0 Å². The van der Waals surface area contributed by atoms with Crippen molar-refractivity contribution >= 4 is 0 Å². The van der Waals surface area contributed by atoms with Gasteiger partial charge < -0.3 is 4.90 Å². The summed E-state index contributed by atoms with van der Waals surface area (Å²) in [6.45, 7) is 9.31. The molecule has 0 amide bonds. The quantitative estimate of drug-likeness (QED) is 0.522. The molecule has 64 valence electrons. The summed E-state index contributed by atoms with van der Waals surface area (Å²) in [7, 11) is 0. The van der Waals surface area contributed by atoms with Gasteiger partial charge in [0.15, 0.2) is 0 Å². The Hall–Kier alpha value is -0.300. The molecule has 0 aliphatic carbocycles. The van der Waals surface area contributed by atoms with Crippen LogP contribution in [0.4, 0.5) is 0 Å². The Morgan fingerprint density at radius 3 is 2.82 bits per heavy atom. The zero-order valence-corrected chi connectivity index (χ0v) is 7.88. The maximum Gasteiger partial charge on any atom is 0.00445 e. The molecule has 1 heteroatoms. The molecule has 1 nitrogen and oxygen atoms in total. The first-order valence-electron chi connectivity index (χ1n) is 4.61. The fourth-order valence-corrected chi connectivity index (χ4v) is 1.56. The van der Waals surface area contributed by atoms with Gasteiger partial charge in [-0.15, -0.1) is 0 Å². The van der Waals surface area contributed by atoms with Gasteiger partial charge in [-0.25, -0.2) is 0 Å². The first-order valence-corrected chi connectivity index (χ1v) is 4.61. The molecule has 0 fully saturated rings. The second-order valence-electron chi connectivity index (χ2n) is 3.78. The van der Waals surface area contributed by atoms with E-state index in [-0.39, 0.29) is 0 Å². The smallest absolute Gasteiger partial charge is 0.00445 e. The second-order valence-corrected chi connectivity index (χ2v) is 3.78. The van der Waals surface area contributed by atoms with Crippen LogP contribution in [-0.4, -0.2) is 24.0 Å². The molecular weight excluding hydrogens is 134 g/mol. The summed E-state index contributed by atoms with van der Waals surface area (Å²) in [6.07, 6.45) is 5.87. The summed E-state index contributed by atoms with van der Waals surface area (Å²) >= 11 is 0. The minimum Gasteiger partial charge on any atom is -0.300 e. The van der Waals surface area contributed by atoms with Gasteiger partial charge in [-0.2, -0.15) is 0 Å². The molecule has 1 aliphatic heterocycles. The monoisotopic (exact) mass is 153 g/mol. The van der Waals surface area contributed by atoms with E-state index in [1.807, 2.05) is 0 Å². The van der Waals surface area contributed by atoms with E-state index in [2.05, 4.69) is 37.8 Å². The third-order valence-electron chi connectivity index (χ3n) is 2.30. The summed E-state index contributed by atoms with van der Waals surface area (Å²) < 4.78 is 0. The summed E-state index contributed by atoms with van der Waals surface area (Å²) in [5, 5.41) is 0. The second kappa shape index (κ2) is 3.91. The highest BCUT2D eigenvalue weighted by Crippen LogP contribution is 2.11. The van der Waals surface area contributed by atoms with Crippen molar-refractivity contribution in [2.45, 2.75) is 33.2 Å². The third-order valence-corrected chi connectivity index (χ3v) is 2.30. The van der Waals surface area contributed by atoms with Crippen molar-refractivity contribution in [3.63, 3.8) is 0 Å². The van der Waals surface area contributed by atoms with Gasteiger partial charge in [0.25, 0.3) is 0 Å². The molecule has 0 saturated heterocycles. The Labute approximate surface area is 70.1 Å². The summed E-state index contributed by atoms with van der Waals surface area (Å²) in [4.78, 5) is 2.55. The lowest BCUT2D eigenvalue weighted by Crippen LogP contribution is -2.33. The largest absolute Gasteiger partial charge is 0.300 e. The molecule has 1 aliphatic rings. The normalized spacial score (nSPS) is 27.5. The molecule has 1 unspecified atom stereocenters. The van der Waals surface area contributed by atoms with E-state index in [9.17, 15) is 0 Å². The Morgan fingerprint density at radius 1 is 1.45 bits per heavy atom. The van der Waals surface area contributed by atoms with Crippen molar-refractivity contribution < 1.29 is 0 Å². The molecule has 0 spiro atoms. The topological polar surface area (TPSA) is 3.24 Å². The maximum atomic E-state index is 2.55. The van der Waals surface area contributed by atoms with Crippen LogP contribution in [0.25, 0.3) is 0 Å². The van der Waals surface area contributed by atoms with Crippen molar-refractivity contribution in [1.29, 1.82) is 0 Å². The van der Waals surface area contributed by atoms with Crippen molar-refractivity contribution in [1.82, 2.24) is 4.90 Å². The Kier molecular flexibility index (Phi) is 3.13. The molecule has 1 atom stereocenters. The molecule has 0 radical (unpaired) electrons.